The quantitative estimate of drug-likeness (QED) is 0.940. The highest BCUT2D eigenvalue weighted by molar-refractivity contribution is 5.78. The number of furan rings is 1. The number of benzene rings is 1. The molecule has 0 saturated carbocycles. The molecule has 1 fully saturated rings. The van der Waals surface area contributed by atoms with Gasteiger partial charge in [-0.15, -0.1) is 0 Å². The molecule has 1 aromatic carbocycles. The van der Waals surface area contributed by atoms with Gasteiger partial charge >= 0.3 is 0 Å². The number of morpholine rings is 1. The Balaban J connectivity index is 1.90. The van der Waals surface area contributed by atoms with Gasteiger partial charge in [-0.3, -0.25) is 0 Å². The second-order valence-electron chi connectivity index (χ2n) is 5.54. The molecule has 1 saturated heterocycles. The van der Waals surface area contributed by atoms with E-state index in [2.05, 4.69) is 24.2 Å². The van der Waals surface area contributed by atoms with Crippen molar-refractivity contribution in [1.29, 1.82) is 0 Å². The molecule has 0 bridgehead atoms. The van der Waals surface area contributed by atoms with Gasteiger partial charge in [-0.05, 0) is 37.9 Å². The van der Waals surface area contributed by atoms with Crippen molar-refractivity contribution in [2.24, 2.45) is 0 Å². The van der Waals surface area contributed by atoms with Crippen molar-refractivity contribution in [3.05, 3.63) is 35.8 Å². The Kier molecular flexibility index (Phi) is 4.24. The van der Waals surface area contributed by atoms with Gasteiger partial charge in [0, 0.05) is 18.5 Å². The number of hydrogen-bond donors (Lipinski definition) is 1. The van der Waals surface area contributed by atoms with Crippen LogP contribution >= 0.6 is 0 Å². The highest BCUT2D eigenvalue weighted by Gasteiger charge is 2.30. The van der Waals surface area contributed by atoms with E-state index in [1.807, 2.05) is 6.07 Å². The van der Waals surface area contributed by atoms with E-state index in [-0.39, 0.29) is 18.0 Å². The summed E-state index contributed by atoms with van der Waals surface area (Å²) in [6.07, 6.45) is 0.0362. The van der Waals surface area contributed by atoms with Crippen molar-refractivity contribution in [2.75, 3.05) is 33.3 Å². The lowest BCUT2D eigenvalue weighted by Crippen LogP contribution is -2.46. The highest BCUT2D eigenvalue weighted by Crippen LogP contribution is 2.28. The largest absolute Gasteiger partial charge is 0.459 e. The topological polar surface area (TPSA) is 37.6 Å². The molecule has 2 heterocycles. The molecule has 114 valence electrons. The summed E-state index contributed by atoms with van der Waals surface area (Å²) in [4.78, 5) is 2.25. The van der Waals surface area contributed by atoms with Crippen LogP contribution < -0.4 is 5.32 Å². The van der Waals surface area contributed by atoms with Crippen LogP contribution in [0.1, 0.15) is 18.7 Å². The molecule has 0 aliphatic carbocycles. The van der Waals surface area contributed by atoms with Crippen LogP contribution in [-0.4, -0.2) is 44.3 Å². The number of nitrogens with one attached hydrogen (secondary N) is 1. The summed E-state index contributed by atoms with van der Waals surface area (Å²) >= 11 is 0. The molecular weight excluding hydrogens is 271 g/mol. The minimum absolute atomic E-state index is 0.0202. The molecule has 3 rings (SSSR count). The maximum Gasteiger partial charge on any atom is 0.134 e. The summed E-state index contributed by atoms with van der Waals surface area (Å²) in [5.74, 6) is 0.557. The predicted molar refractivity (Wildman–Crippen MR) is 79.8 cm³/mol. The summed E-state index contributed by atoms with van der Waals surface area (Å²) < 4.78 is 25.1. The Morgan fingerprint density at radius 1 is 1.43 bits per heavy atom. The molecule has 2 unspecified atom stereocenters. The Bertz CT molecular complexity index is 613. The first-order valence-corrected chi connectivity index (χ1v) is 7.40. The molecule has 1 aromatic heterocycles. The molecule has 2 aromatic rings. The van der Waals surface area contributed by atoms with Gasteiger partial charge in [0.15, 0.2) is 0 Å². The van der Waals surface area contributed by atoms with Gasteiger partial charge in [-0.2, -0.15) is 0 Å². The van der Waals surface area contributed by atoms with Crippen LogP contribution in [0.2, 0.25) is 0 Å². The van der Waals surface area contributed by atoms with E-state index >= 15 is 0 Å². The van der Waals surface area contributed by atoms with Gasteiger partial charge in [-0.25, -0.2) is 4.39 Å². The number of hydrogen-bond acceptors (Lipinski definition) is 4. The number of nitrogens with zero attached hydrogens (tertiary/aromatic N) is 1. The fraction of sp³-hybridized carbons (Fsp3) is 0.500. The average Bonchev–Trinajstić information content (AvgIpc) is 2.87. The van der Waals surface area contributed by atoms with Gasteiger partial charge < -0.3 is 19.4 Å². The highest BCUT2D eigenvalue weighted by atomic mass is 19.1. The number of likely N-dealkylation sites (N-methyl/N-ethyl adjacent to an activating group) is 2. The maximum absolute atomic E-state index is 13.3. The molecule has 0 spiro atoms. The Morgan fingerprint density at radius 2 is 2.29 bits per heavy atom. The Morgan fingerprint density at radius 3 is 3.05 bits per heavy atom. The van der Waals surface area contributed by atoms with Crippen molar-refractivity contribution in [3.63, 3.8) is 0 Å². The van der Waals surface area contributed by atoms with Crippen molar-refractivity contribution >= 4 is 11.0 Å². The molecule has 0 amide bonds. The van der Waals surface area contributed by atoms with E-state index < -0.39 is 0 Å². The summed E-state index contributed by atoms with van der Waals surface area (Å²) in [6, 6.07) is 6.48. The van der Waals surface area contributed by atoms with Gasteiger partial charge in [-0.1, -0.05) is 6.92 Å². The fourth-order valence-corrected chi connectivity index (χ4v) is 2.84. The fourth-order valence-electron chi connectivity index (χ4n) is 2.84. The van der Waals surface area contributed by atoms with Gasteiger partial charge in [0.2, 0.25) is 0 Å². The lowest BCUT2D eigenvalue weighted by Gasteiger charge is -2.34. The normalized spacial score (nSPS) is 21.8. The lowest BCUT2D eigenvalue weighted by molar-refractivity contribution is -0.0422. The zero-order valence-electron chi connectivity index (χ0n) is 12.4. The number of fused-ring (bicyclic) bond motifs is 1. The van der Waals surface area contributed by atoms with E-state index in [1.165, 1.54) is 12.1 Å². The summed E-state index contributed by atoms with van der Waals surface area (Å²) in [7, 11) is 2.09. The Hall–Kier alpha value is -1.43. The lowest BCUT2D eigenvalue weighted by atomic mass is 10.1. The van der Waals surface area contributed by atoms with Gasteiger partial charge in [0.25, 0.3) is 0 Å². The van der Waals surface area contributed by atoms with Crippen molar-refractivity contribution in [1.82, 2.24) is 10.2 Å². The molecule has 5 heteroatoms. The third-order valence-electron chi connectivity index (χ3n) is 3.90. The first-order chi connectivity index (χ1) is 10.2. The van der Waals surface area contributed by atoms with Crippen LogP contribution in [0.25, 0.3) is 11.0 Å². The molecule has 1 N–H and O–H groups in total. The van der Waals surface area contributed by atoms with Crippen LogP contribution in [0.4, 0.5) is 4.39 Å². The van der Waals surface area contributed by atoms with E-state index in [9.17, 15) is 4.39 Å². The zero-order valence-corrected chi connectivity index (χ0v) is 12.4. The first kappa shape index (κ1) is 14.5. The van der Waals surface area contributed by atoms with Crippen LogP contribution in [0.3, 0.4) is 0 Å². The van der Waals surface area contributed by atoms with E-state index in [1.54, 1.807) is 6.07 Å². The second-order valence-corrected chi connectivity index (χ2v) is 5.54. The molecule has 2 atom stereocenters. The van der Waals surface area contributed by atoms with Crippen LogP contribution in [0, 0.1) is 5.82 Å². The average molecular weight is 292 g/mol. The number of halogens is 1. The maximum atomic E-state index is 13.3. The molecule has 4 nitrogen and oxygen atoms in total. The van der Waals surface area contributed by atoms with E-state index in [4.69, 9.17) is 9.15 Å². The van der Waals surface area contributed by atoms with Crippen LogP contribution in [0.5, 0.6) is 0 Å². The second kappa shape index (κ2) is 6.13. The van der Waals surface area contributed by atoms with Crippen LogP contribution in [-0.2, 0) is 4.74 Å². The summed E-state index contributed by atoms with van der Waals surface area (Å²) in [5, 5.41) is 4.21. The van der Waals surface area contributed by atoms with Gasteiger partial charge in [0.05, 0.1) is 18.8 Å². The number of rotatable bonds is 4. The molecule has 21 heavy (non-hydrogen) atoms. The molecule has 0 radical (unpaired) electrons. The standard InChI is InChI=1S/C16H21FN2O2/c1-3-18-16(15-10-19(2)6-7-20-15)14-9-11-8-12(17)4-5-13(11)21-14/h4-5,8-9,15-16,18H,3,6-7,10H2,1-2H3. The number of ether oxygens (including phenoxy) is 1. The molecule has 1 aliphatic rings. The van der Waals surface area contributed by atoms with E-state index in [0.29, 0.717) is 5.58 Å². The SMILES string of the molecule is CCNC(c1cc2cc(F)ccc2o1)C1CN(C)CCO1. The smallest absolute Gasteiger partial charge is 0.134 e. The Labute approximate surface area is 123 Å². The van der Waals surface area contributed by atoms with Crippen molar-refractivity contribution in [3.8, 4) is 0 Å². The zero-order chi connectivity index (χ0) is 14.8. The van der Waals surface area contributed by atoms with Crippen LogP contribution in [0.15, 0.2) is 28.7 Å². The van der Waals surface area contributed by atoms with Gasteiger partial charge in [0.1, 0.15) is 17.2 Å². The molecular formula is C16H21FN2O2. The summed E-state index contributed by atoms with van der Waals surface area (Å²) in [5.41, 5.74) is 0.707. The van der Waals surface area contributed by atoms with Crippen molar-refractivity contribution < 1.29 is 13.5 Å². The van der Waals surface area contributed by atoms with E-state index in [0.717, 1.165) is 37.4 Å². The minimum Gasteiger partial charge on any atom is -0.459 e. The monoisotopic (exact) mass is 292 g/mol. The molecule has 1 aliphatic heterocycles. The van der Waals surface area contributed by atoms with Crippen molar-refractivity contribution in [2.45, 2.75) is 19.1 Å². The third-order valence-corrected chi connectivity index (χ3v) is 3.90. The third kappa shape index (κ3) is 3.10. The first-order valence-electron chi connectivity index (χ1n) is 7.40. The minimum atomic E-state index is -0.247. The predicted octanol–water partition coefficient (Wildman–Crippen LogP) is 2.55. The summed E-state index contributed by atoms with van der Waals surface area (Å²) in [6.45, 7) is 5.39.